The van der Waals surface area contributed by atoms with E-state index in [0.29, 0.717) is 5.75 Å². The van der Waals surface area contributed by atoms with Crippen LogP contribution in [-0.2, 0) is 22.6 Å². The summed E-state index contributed by atoms with van der Waals surface area (Å²) in [6, 6.07) is 12.7. The summed E-state index contributed by atoms with van der Waals surface area (Å²) in [5.74, 6) is -0.363. The number of ether oxygens (including phenoxy) is 1. The van der Waals surface area contributed by atoms with Crippen LogP contribution in [0.4, 0.5) is 4.39 Å². The van der Waals surface area contributed by atoms with Gasteiger partial charge in [0, 0.05) is 13.6 Å². The molecule has 0 aliphatic rings. The fraction of sp³-hybridized carbons (Fsp3) is 0.333. The van der Waals surface area contributed by atoms with Gasteiger partial charge in [-0.25, -0.2) is 4.39 Å². The van der Waals surface area contributed by atoms with Gasteiger partial charge < -0.3 is 15.0 Å². The predicted molar refractivity (Wildman–Crippen MR) is 102 cm³/mol. The molecule has 2 aromatic carbocycles. The number of hydrogen-bond acceptors (Lipinski definition) is 3. The first kappa shape index (κ1) is 20.4. The number of carbonyl (C=O) groups excluding carboxylic acids is 2. The quantitative estimate of drug-likeness (QED) is 0.775. The Bertz CT molecular complexity index is 760. The summed E-state index contributed by atoms with van der Waals surface area (Å²) >= 11 is 0. The Kier molecular flexibility index (Phi) is 7.34. The number of aryl methyl sites for hydroxylation is 1. The van der Waals surface area contributed by atoms with E-state index < -0.39 is 6.04 Å². The molecule has 27 heavy (non-hydrogen) atoms. The van der Waals surface area contributed by atoms with Crippen LogP contribution >= 0.6 is 0 Å². The summed E-state index contributed by atoms with van der Waals surface area (Å²) in [7, 11) is 1.52. The first-order valence-corrected chi connectivity index (χ1v) is 8.91. The van der Waals surface area contributed by atoms with Gasteiger partial charge in [-0.2, -0.15) is 0 Å². The highest BCUT2D eigenvalue weighted by atomic mass is 19.1. The number of rotatable bonds is 8. The Balaban J connectivity index is 2.09. The number of hydrogen-bond donors (Lipinski definition) is 1. The molecule has 0 saturated heterocycles. The van der Waals surface area contributed by atoms with Crippen molar-refractivity contribution < 1.29 is 18.7 Å². The molecule has 0 unspecified atom stereocenters. The van der Waals surface area contributed by atoms with E-state index in [1.807, 2.05) is 24.3 Å². The van der Waals surface area contributed by atoms with Crippen LogP contribution in [0.1, 0.15) is 25.0 Å². The molecule has 0 bridgehead atoms. The van der Waals surface area contributed by atoms with Crippen molar-refractivity contribution in [2.24, 2.45) is 0 Å². The molecule has 1 atom stereocenters. The Morgan fingerprint density at radius 2 is 1.67 bits per heavy atom. The van der Waals surface area contributed by atoms with Crippen molar-refractivity contribution in [3.05, 3.63) is 65.5 Å². The second-order valence-electron chi connectivity index (χ2n) is 6.22. The molecule has 6 heteroatoms. The standard InChI is InChI=1S/C21H25FN2O3/c1-4-16-7-11-19(12-8-16)27-14-20(25)24(15(2)21(26)23-3)13-17-5-9-18(22)10-6-17/h5-12,15H,4,13-14H2,1-3H3,(H,23,26)/t15-/m1/s1. The molecular formula is C21H25FN2O3. The monoisotopic (exact) mass is 372 g/mol. The van der Waals surface area contributed by atoms with E-state index >= 15 is 0 Å². The molecule has 0 aliphatic heterocycles. The lowest BCUT2D eigenvalue weighted by Crippen LogP contribution is -2.48. The Morgan fingerprint density at radius 3 is 2.22 bits per heavy atom. The highest BCUT2D eigenvalue weighted by Gasteiger charge is 2.25. The van der Waals surface area contributed by atoms with Crippen LogP contribution in [0, 0.1) is 5.82 Å². The average Bonchev–Trinajstić information content (AvgIpc) is 2.70. The third kappa shape index (κ3) is 5.81. The minimum atomic E-state index is -0.682. The van der Waals surface area contributed by atoms with Crippen molar-refractivity contribution in [1.82, 2.24) is 10.2 Å². The summed E-state index contributed by atoms with van der Waals surface area (Å²) in [6.45, 7) is 3.71. The van der Waals surface area contributed by atoms with Crippen molar-refractivity contribution in [1.29, 1.82) is 0 Å². The first-order chi connectivity index (χ1) is 12.9. The van der Waals surface area contributed by atoms with Crippen molar-refractivity contribution in [2.75, 3.05) is 13.7 Å². The molecule has 0 heterocycles. The van der Waals surface area contributed by atoms with Crippen LogP contribution in [0.15, 0.2) is 48.5 Å². The number of halogens is 1. The van der Waals surface area contributed by atoms with Crippen LogP contribution in [0.5, 0.6) is 5.75 Å². The molecule has 2 rings (SSSR count). The lowest BCUT2D eigenvalue weighted by atomic mass is 10.1. The molecule has 0 fully saturated rings. The Morgan fingerprint density at radius 1 is 1.07 bits per heavy atom. The zero-order valence-electron chi connectivity index (χ0n) is 15.9. The molecule has 0 radical (unpaired) electrons. The zero-order chi connectivity index (χ0) is 19.8. The van der Waals surface area contributed by atoms with Gasteiger partial charge in [-0.3, -0.25) is 9.59 Å². The molecule has 0 spiro atoms. The molecule has 144 valence electrons. The van der Waals surface area contributed by atoms with Gasteiger partial charge in [0.05, 0.1) is 0 Å². The molecule has 0 aromatic heterocycles. The molecule has 2 aromatic rings. The van der Waals surface area contributed by atoms with E-state index in [1.165, 1.54) is 29.6 Å². The van der Waals surface area contributed by atoms with E-state index in [-0.39, 0.29) is 30.8 Å². The summed E-state index contributed by atoms with van der Waals surface area (Å²) in [4.78, 5) is 26.2. The van der Waals surface area contributed by atoms with Crippen LogP contribution < -0.4 is 10.1 Å². The maximum atomic E-state index is 13.1. The van der Waals surface area contributed by atoms with Gasteiger partial charge in [0.25, 0.3) is 5.91 Å². The van der Waals surface area contributed by atoms with Gasteiger partial charge in [0.2, 0.25) is 5.91 Å². The van der Waals surface area contributed by atoms with E-state index in [1.54, 1.807) is 19.1 Å². The largest absolute Gasteiger partial charge is 0.484 e. The number of amides is 2. The van der Waals surface area contributed by atoms with Gasteiger partial charge >= 0.3 is 0 Å². The smallest absolute Gasteiger partial charge is 0.261 e. The van der Waals surface area contributed by atoms with Gasteiger partial charge in [-0.1, -0.05) is 31.2 Å². The highest BCUT2D eigenvalue weighted by Crippen LogP contribution is 2.14. The molecule has 5 nitrogen and oxygen atoms in total. The molecule has 2 amide bonds. The number of benzene rings is 2. The van der Waals surface area contributed by atoms with Crippen molar-refractivity contribution in [3.63, 3.8) is 0 Å². The average molecular weight is 372 g/mol. The second-order valence-corrected chi connectivity index (χ2v) is 6.22. The van der Waals surface area contributed by atoms with Gasteiger partial charge in [-0.15, -0.1) is 0 Å². The maximum Gasteiger partial charge on any atom is 0.261 e. The molecular weight excluding hydrogens is 347 g/mol. The van der Waals surface area contributed by atoms with Crippen molar-refractivity contribution in [2.45, 2.75) is 32.9 Å². The second kappa shape index (κ2) is 9.71. The SMILES string of the molecule is CCc1ccc(OCC(=O)N(Cc2ccc(F)cc2)[C@H](C)C(=O)NC)cc1. The minimum absolute atomic E-state index is 0.186. The Hall–Kier alpha value is -2.89. The third-order valence-electron chi connectivity index (χ3n) is 4.37. The zero-order valence-corrected chi connectivity index (χ0v) is 15.9. The molecule has 1 N–H and O–H groups in total. The predicted octanol–water partition coefficient (Wildman–Crippen LogP) is 2.93. The first-order valence-electron chi connectivity index (χ1n) is 8.91. The van der Waals surface area contributed by atoms with Gasteiger partial charge in [-0.05, 0) is 48.7 Å². The number of nitrogens with one attached hydrogen (secondary N) is 1. The normalized spacial score (nSPS) is 11.6. The fourth-order valence-corrected chi connectivity index (χ4v) is 2.63. The molecule has 0 aliphatic carbocycles. The Labute approximate surface area is 159 Å². The van der Waals surface area contributed by atoms with Gasteiger partial charge in [0.1, 0.15) is 17.6 Å². The summed E-state index contributed by atoms with van der Waals surface area (Å²) in [5.41, 5.74) is 1.91. The van der Waals surface area contributed by atoms with E-state index in [4.69, 9.17) is 4.74 Å². The van der Waals surface area contributed by atoms with Crippen LogP contribution in [0.3, 0.4) is 0 Å². The minimum Gasteiger partial charge on any atom is -0.484 e. The number of carbonyl (C=O) groups is 2. The van der Waals surface area contributed by atoms with Crippen LogP contribution in [0.2, 0.25) is 0 Å². The van der Waals surface area contributed by atoms with Crippen LogP contribution in [0.25, 0.3) is 0 Å². The summed E-state index contributed by atoms with van der Waals surface area (Å²) < 4.78 is 18.7. The lowest BCUT2D eigenvalue weighted by molar-refractivity contribution is -0.142. The summed E-state index contributed by atoms with van der Waals surface area (Å²) in [5, 5.41) is 2.55. The molecule has 0 saturated carbocycles. The number of nitrogens with zero attached hydrogens (tertiary/aromatic N) is 1. The van der Waals surface area contributed by atoms with E-state index in [9.17, 15) is 14.0 Å². The van der Waals surface area contributed by atoms with Crippen LogP contribution in [-0.4, -0.2) is 36.4 Å². The van der Waals surface area contributed by atoms with Gasteiger partial charge in [0.15, 0.2) is 6.61 Å². The van der Waals surface area contributed by atoms with Crippen molar-refractivity contribution in [3.8, 4) is 5.75 Å². The topological polar surface area (TPSA) is 58.6 Å². The van der Waals surface area contributed by atoms with E-state index in [0.717, 1.165) is 12.0 Å². The maximum absolute atomic E-state index is 13.1. The lowest BCUT2D eigenvalue weighted by Gasteiger charge is -2.28. The fourth-order valence-electron chi connectivity index (χ4n) is 2.63. The number of likely N-dealkylation sites (N-methyl/N-ethyl adjacent to an activating group) is 1. The highest BCUT2D eigenvalue weighted by molar-refractivity contribution is 5.87. The van der Waals surface area contributed by atoms with E-state index in [2.05, 4.69) is 12.2 Å². The third-order valence-corrected chi connectivity index (χ3v) is 4.37. The van der Waals surface area contributed by atoms with Crippen molar-refractivity contribution >= 4 is 11.8 Å². The summed E-state index contributed by atoms with van der Waals surface area (Å²) in [6.07, 6.45) is 0.925.